The van der Waals surface area contributed by atoms with Crippen LogP contribution in [-0.4, -0.2) is 26.1 Å². The lowest BCUT2D eigenvalue weighted by Crippen LogP contribution is -2.18. The molecule has 4 aromatic rings. The molecular weight excluding hydrogens is 302 g/mol. The van der Waals surface area contributed by atoms with Gasteiger partial charge in [0.1, 0.15) is 5.82 Å². The third kappa shape index (κ3) is 1.93. The van der Waals surface area contributed by atoms with Crippen LogP contribution in [-0.2, 0) is 6.42 Å². The van der Waals surface area contributed by atoms with Crippen LogP contribution in [0.4, 0.5) is 11.5 Å². The Balaban J connectivity index is 1.71. The molecule has 0 N–H and O–H groups in total. The Morgan fingerprint density at radius 1 is 1.08 bits per heavy atom. The number of hydrogen-bond acceptors (Lipinski definition) is 5. The summed E-state index contributed by atoms with van der Waals surface area (Å²) in [7, 11) is 0. The third-order valence-electron chi connectivity index (χ3n) is 4.33. The summed E-state index contributed by atoms with van der Waals surface area (Å²) < 4.78 is 7.22. The molecule has 0 spiro atoms. The van der Waals surface area contributed by atoms with Crippen LogP contribution in [0.5, 0.6) is 0 Å². The van der Waals surface area contributed by atoms with Gasteiger partial charge in [-0.15, -0.1) is 5.10 Å². The van der Waals surface area contributed by atoms with Crippen LogP contribution in [0.1, 0.15) is 11.3 Å². The topological polar surface area (TPSA) is 59.5 Å². The van der Waals surface area contributed by atoms with Crippen molar-refractivity contribution in [2.75, 3.05) is 11.4 Å². The van der Waals surface area contributed by atoms with E-state index in [-0.39, 0.29) is 0 Å². The van der Waals surface area contributed by atoms with Gasteiger partial charge in [-0.05, 0) is 37.1 Å². The molecule has 6 heteroatoms. The first kappa shape index (κ1) is 13.3. The first-order valence-corrected chi connectivity index (χ1v) is 7.93. The number of rotatable bonds is 2. The van der Waals surface area contributed by atoms with E-state index < -0.39 is 0 Å². The molecule has 1 aliphatic rings. The first-order chi connectivity index (χ1) is 11.8. The number of anilines is 2. The number of aromatic nitrogens is 4. The number of para-hydroxylation sites is 1. The smallest absolute Gasteiger partial charge is 0.255 e. The van der Waals surface area contributed by atoms with E-state index in [1.807, 2.05) is 19.1 Å². The molecule has 0 amide bonds. The predicted molar refractivity (Wildman–Crippen MR) is 90.4 cm³/mol. The maximum Gasteiger partial charge on any atom is 0.255 e. The van der Waals surface area contributed by atoms with E-state index in [9.17, 15) is 0 Å². The van der Waals surface area contributed by atoms with Gasteiger partial charge in [-0.3, -0.25) is 0 Å². The Hall–Kier alpha value is -3.15. The Morgan fingerprint density at radius 3 is 2.88 bits per heavy atom. The zero-order valence-corrected chi connectivity index (χ0v) is 13.2. The van der Waals surface area contributed by atoms with Crippen LogP contribution in [0, 0.1) is 6.92 Å². The summed E-state index contributed by atoms with van der Waals surface area (Å²) in [4.78, 5) is 11.3. The van der Waals surface area contributed by atoms with Crippen molar-refractivity contribution >= 4 is 17.3 Å². The van der Waals surface area contributed by atoms with Crippen LogP contribution in [0.25, 0.3) is 17.4 Å². The highest BCUT2D eigenvalue weighted by Gasteiger charge is 2.24. The van der Waals surface area contributed by atoms with Gasteiger partial charge in [-0.25, -0.2) is 4.98 Å². The van der Waals surface area contributed by atoms with Gasteiger partial charge in [0.25, 0.3) is 5.78 Å². The van der Waals surface area contributed by atoms with Crippen molar-refractivity contribution in [1.29, 1.82) is 0 Å². The van der Waals surface area contributed by atoms with E-state index in [2.05, 4.69) is 50.3 Å². The first-order valence-electron chi connectivity index (χ1n) is 7.93. The third-order valence-corrected chi connectivity index (χ3v) is 4.33. The molecule has 1 aliphatic heterocycles. The maximum absolute atomic E-state index is 5.42. The fourth-order valence-electron chi connectivity index (χ4n) is 3.25. The summed E-state index contributed by atoms with van der Waals surface area (Å²) >= 11 is 0. The van der Waals surface area contributed by atoms with E-state index in [0.717, 1.165) is 24.5 Å². The zero-order valence-electron chi connectivity index (χ0n) is 13.2. The molecule has 0 atom stereocenters. The van der Waals surface area contributed by atoms with Crippen molar-refractivity contribution < 1.29 is 4.42 Å². The Labute approximate surface area is 138 Å². The van der Waals surface area contributed by atoms with E-state index in [1.54, 1.807) is 10.8 Å². The fourth-order valence-corrected chi connectivity index (χ4v) is 3.25. The van der Waals surface area contributed by atoms with Gasteiger partial charge in [0.15, 0.2) is 5.76 Å². The second kappa shape index (κ2) is 4.92. The molecule has 3 aromatic heterocycles. The Morgan fingerprint density at radius 2 is 2.00 bits per heavy atom. The molecule has 0 saturated carbocycles. The monoisotopic (exact) mass is 317 g/mol. The molecule has 0 bridgehead atoms. The number of nitrogens with zero attached hydrogens (tertiary/aromatic N) is 5. The van der Waals surface area contributed by atoms with Crippen molar-refractivity contribution in [2.45, 2.75) is 13.3 Å². The molecule has 0 radical (unpaired) electrons. The normalized spacial score (nSPS) is 13.6. The Kier molecular flexibility index (Phi) is 2.73. The van der Waals surface area contributed by atoms with Crippen molar-refractivity contribution in [1.82, 2.24) is 19.6 Å². The van der Waals surface area contributed by atoms with E-state index in [1.165, 1.54) is 11.3 Å². The van der Waals surface area contributed by atoms with Gasteiger partial charge in [0.2, 0.25) is 5.82 Å². The van der Waals surface area contributed by atoms with Crippen LogP contribution in [0.15, 0.2) is 53.1 Å². The van der Waals surface area contributed by atoms with Crippen LogP contribution in [0.3, 0.4) is 0 Å². The molecule has 0 unspecified atom stereocenters. The standard InChI is InChI=1S/C18H15N5O/c1-12-11-16(22-9-8-13-5-2-3-6-14(13)22)23-18(19-12)20-17(21-23)15-7-4-10-24-15/h2-7,10-11H,8-9H2,1H3. The lowest BCUT2D eigenvalue weighted by molar-refractivity contribution is 0.577. The highest BCUT2D eigenvalue weighted by atomic mass is 16.3. The van der Waals surface area contributed by atoms with Gasteiger partial charge in [-0.1, -0.05) is 18.2 Å². The summed E-state index contributed by atoms with van der Waals surface area (Å²) in [6.07, 6.45) is 2.65. The van der Waals surface area contributed by atoms with E-state index >= 15 is 0 Å². The maximum atomic E-state index is 5.42. The number of aryl methyl sites for hydroxylation is 1. The number of hydrogen-bond donors (Lipinski definition) is 0. The number of benzene rings is 1. The van der Waals surface area contributed by atoms with Crippen molar-refractivity contribution in [3.05, 3.63) is 60.0 Å². The van der Waals surface area contributed by atoms with Crippen molar-refractivity contribution in [3.8, 4) is 11.6 Å². The molecule has 1 aromatic carbocycles. The molecule has 5 rings (SSSR count). The van der Waals surface area contributed by atoms with Crippen molar-refractivity contribution in [3.63, 3.8) is 0 Å². The largest absolute Gasteiger partial charge is 0.461 e. The molecule has 0 fully saturated rings. The van der Waals surface area contributed by atoms with Crippen LogP contribution in [0.2, 0.25) is 0 Å². The number of fused-ring (bicyclic) bond motifs is 2. The van der Waals surface area contributed by atoms with Gasteiger partial charge in [-0.2, -0.15) is 9.50 Å². The molecular formula is C18H15N5O. The molecule has 24 heavy (non-hydrogen) atoms. The zero-order chi connectivity index (χ0) is 16.1. The van der Waals surface area contributed by atoms with Crippen LogP contribution < -0.4 is 4.90 Å². The summed E-state index contributed by atoms with van der Waals surface area (Å²) in [6.45, 7) is 2.90. The average molecular weight is 317 g/mol. The second-order valence-electron chi connectivity index (χ2n) is 5.91. The van der Waals surface area contributed by atoms with Gasteiger partial charge >= 0.3 is 0 Å². The highest BCUT2D eigenvalue weighted by Crippen LogP contribution is 2.34. The summed E-state index contributed by atoms with van der Waals surface area (Å²) in [5.74, 6) is 2.76. The van der Waals surface area contributed by atoms with Gasteiger partial charge in [0.05, 0.1) is 6.26 Å². The summed E-state index contributed by atoms with van der Waals surface area (Å²) in [5.41, 5.74) is 3.49. The molecule has 6 nitrogen and oxygen atoms in total. The van der Waals surface area contributed by atoms with Crippen LogP contribution >= 0.6 is 0 Å². The van der Waals surface area contributed by atoms with E-state index in [0.29, 0.717) is 17.4 Å². The number of furan rings is 1. The minimum Gasteiger partial charge on any atom is -0.461 e. The minimum absolute atomic E-state index is 0.548. The van der Waals surface area contributed by atoms with Gasteiger partial charge in [0, 0.05) is 24.0 Å². The summed E-state index contributed by atoms with van der Waals surface area (Å²) in [5, 5.41) is 4.62. The fraction of sp³-hybridized carbons (Fsp3) is 0.167. The molecule has 0 aliphatic carbocycles. The predicted octanol–water partition coefficient (Wildman–Crippen LogP) is 3.39. The SMILES string of the molecule is Cc1cc(N2CCc3ccccc32)n2nc(-c3ccco3)nc2n1. The minimum atomic E-state index is 0.548. The molecule has 4 heterocycles. The molecule has 118 valence electrons. The summed E-state index contributed by atoms with van der Waals surface area (Å²) in [6, 6.07) is 14.2. The van der Waals surface area contributed by atoms with E-state index in [4.69, 9.17) is 4.42 Å². The quantitative estimate of drug-likeness (QED) is 0.567. The van der Waals surface area contributed by atoms with Gasteiger partial charge < -0.3 is 9.32 Å². The lowest BCUT2D eigenvalue weighted by Gasteiger charge is -2.20. The average Bonchev–Trinajstić information content (AvgIpc) is 3.32. The lowest BCUT2D eigenvalue weighted by atomic mass is 10.2. The Bertz CT molecular complexity index is 1030. The highest BCUT2D eigenvalue weighted by molar-refractivity contribution is 5.69. The van der Waals surface area contributed by atoms with Crippen molar-refractivity contribution in [2.24, 2.45) is 0 Å². The second-order valence-corrected chi connectivity index (χ2v) is 5.91. The molecule has 0 saturated heterocycles.